The lowest BCUT2D eigenvalue weighted by Crippen LogP contribution is -2.36. The van der Waals surface area contributed by atoms with Gasteiger partial charge in [0.05, 0.1) is 16.9 Å². The number of hydrogen-bond acceptors (Lipinski definition) is 8. The van der Waals surface area contributed by atoms with E-state index in [9.17, 15) is 24.5 Å². The Hall–Kier alpha value is -4.64. The van der Waals surface area contributed by atoms with Crippen LogP contribution in [0.5, 0.6) is 11.5 Å². The highest BCUT2D eigenvalue weighted by atomic mass is 32.2. The van der Waals surface area contributed by atoms with Crippen molar-refractivity contribution >= 4 is 46.3 Å². The molecule has 3 aromatic carbocycles. The van der Waals surface area contributed by atoms with Gasteiger partial charge in [-0.3, -0.25) is 29.4 Å². The molecule has 0 atom stereocenters. The summed E-state index contributed by atoms with van der Waals surface area (Å²) in [6, 6.07) is 16.6. The van der Waals surface area contributed by atoms with Crippen LogP contribution in [0.4, 0.5) is 16.2 Å². The minimum Gasteiger partial charge on any atom is -0.493 e. The first kappa shape index (κ1) is 27.4. The van der Waals surface area contributed by atoms with Crippen LogP contribution in [0.1, 0.15) is 22.3 Å². The molecule has 1 aliphatic heterocycles. The summed E-state index contributed by atoms with van der Waals surface area (Å²) in [5.41, 5.74) is 3.89. The third-order valence-corrected chi connectivity index (χ3v) is 6.77. The van der Waals surface area contributed by atoms with Crippen molar-refractivity contribution in [3.63, 3.8) is 0 Å². The van der Waals surface area contributed by atoms with E-state index in [1.54, 1.807) is 42.5 Å². The zero-order valence-corrected chi connectivity index (χ0v) is 22.2. The van der Waals surface area contributed by atoms with Crippen LogP contribution >= 0.6 is 11.8 Å². The minimum atomic E-state index is -0.557. The molecule has 0 aliphatic carbocycles. The van der Waals surface area contributed by atoms with Gasteiger partial charge in [-0.2, -0.15) is 0 Å². The van der Waals surface area contributed by atoms with Crippen LogP contribution in [0.15, 0.2) is 65.6 Å². The molecule has 3 amide bonds. The molecule has 0 radical (unpaired) electrons. The van der Waals surface area contributed by atoms with Gasteiger partial charge in [0.1, 0.15) is 13.2 Å². The second kappa shape index (κ2) is 11.8. The normalized spacial score (nSPS) is 14.0. The standard InChI is InChI=1S/C28H25N3O7S/c1-17-4-10-22(18(2)12-17)29-26(32)15-30-27(33)25(39-28(30)34)14-20-7-11-23(24(13-20)37-3)38-16-19-5-8-21(9-6-19)31(35)36/h4-14H,15-16H2,1-3H3,(H,29,32)/b25-14+. The molecular weight excluding hydrogens is 522 g/mol. The monoisotopic (exact) mass is 547 g/mol. The number of benzene rings is 3. The highest BCUT2D eigenvalue weighted by Crippen LogP contribution is 2.35. The Bertz CT molecular complexity index is 1480. The Morgan fingerprint density at radius 3 is 2.46 bits per heavy atom. The quantitative estimate of drug-likeness (QED) is 0.212. The second-order valence-electron chi connectivity index (χ2n) is 8.76. The predicted molar refractivity (Wildman–Crippen MR) is 148 cm³/mol. The third-order valence-electron chi connectivity index (χ3n) is 5.86. The average Bonchev–Trinajstić information content (AvgIpc) is 3.16. The van der Waals surface area contributed by atoms with E-state index in [2.05, 4.69) is 5.32 Å². The number of nitrogens with one attached hydrogen (secondary N) is 1. The fourth-order valence-electron chi connectivity index (χ4n) is 3.84. The number of hydrogen-bond donors (Lipinski definition) is 1. The molecule has 0 saturated carbocycles. The number of imide groups is 1. The summed E-state index contributed by atoms with van der Waals surface area (Å²) in [7, 11) is 1.47. The highest BCUT2D eigenvalue weighted by molar-refractivity contribution is 8.18. The van der Waals surface area contributed by atoms with E-state index < -0.39 is 28.5 Å². The Kier molecular flexibility index (Phi) is 8.30. The van der Waals surface area contributed by atoms with Crippen molar-refractivity contribution in [2.75, 3.05) is 19.0 Å². The fourth-order valence-corrected chi connectivity index (χ4v) is 4.68. The lowest BCUT2D eigenvalue weighted by atomic mass is 10.1. The Morgan fingerprint density at radius 2 is 1.79 bits per heavy atom. The van der Waals surface area contributed by atoms with E-state index in [-0.39, 0.29) is 17.2 Å². The molecular formula is C28H25N3O7S. The average molecular weight is 548 g/mol. The molecule has 3 aromatic rings. The number of carbonyl (C=O) groups excluding carboxylic acids is 3. The number of anilines is 1. The van der Waals surface area contributed by atoms with Crippen molar-refractivity contribution in [3.8, 4) is 11.5 Å². The number of nitro groups is 1. The lowest BCUT2D eigenvalue weighted by Gasteiger charge is -2.14. The van der Waals surface area contributed by atoms with Crippen LogP contribution in [0, 0.1) is 24.0 Å². The number of amides is 3. The number of nitro benzene ring substituents is 1. The number of rotatable bonds is 9. The van der Waals surface area contributed by atoms with Crippen molar-refractivity contribution in [1.82, 2.24) is 4.90 Å². The van der Waals surface area contributed by atoms with E-state index in [0.29, 0.717) is 22.7 Å². The molecule has 10 nitrogen and oxygen atoms in total. The third kappa shape index (κ3) is 6.63. The van der Waals surface area contributed by atoms with Crippen LogP contribution in [0.2, 0.25) is 0 Å². The van der Waals surface area contributed by atoms with Crippen molar-refractivity contribution in [2.24, 2.45) is 0 Å². The maximum absolute atomic E-state index is 12.9. The molecule has 1 saturated heterocycles. The van der Waals surface area contributed by atoms with Crippen molar-refractivity contribution in [2.45, 2.75) is 20.5 Å². The summed E-state index contributed by atoms with van der Waals surface area (Å²) in [5, 5.41) is 13.0. The number of thioether (sulfide) groups is 1. The van der Waals surface area contributed by atoms with Crippen LogP contribution < -0.4 is 14.8 Å². The van der Waals surface area contributed by atoms with E-state index in [1.807, 2.05) is 26.0 Å². The zero-order chi connectivity index (χ0) is 28.1. The van der Waals surface area contributed by atoms with Crippen molar-refractivity contribution in [3.05, 3.63) is 97.9 Å². The molecule has 0 unspecified atom stereocenters. The van der Waals surface area contributed by atoms with Crippen LogP contribution in [-0.2, 0) is 16.2 Å². The fraction of sp³-hybridized carbons (Fsp3) is 0.179. The predicted octanol–water partition coefficient (Wildman–Crippen LogP) is 5.47. The largest absolute Gasteiger partial charge is 0.493 e. The molecule has 1 N–H and O–H groups in total. The summed E-state index contributed by atoms with van der Waals surface area (Å²) < 4.78 is 11.2. The van der Waals surface area contributed by atoms with E-state index in [4.69, 9.17) is 9.47 Å². The molecule has 39 heavy (non-hydrogen) atoms. The molecule has 0 bridgehead atoms. The van der Waals surface area contributed by atoms with Gasteiger partial charge < -0.3 is 14.8 Å². The Morgan fingerprint density at radius 1 is 1.05 bits per heavy atom. The highest BCUT2D eigenvalue weighted by Gasteiger charge is 2.36. The van der Waals surface area contributed by atoms with E-state index in [0.717, 1.165) is 33.4 Å². The molecule has 1 heterocycles. The van der Waals surface area contributed by atoms with Gasteiger partial charge in [-0.05, 0) is 78.7 Å². The van der Waals surface area contributed by atoms with Gasteiger partial charge in [-0.15, -0.1) is 0 Å². The molecule has 0 spiro atoms. The first-order valence-corrected chi connectivity index (χ1v) is 12.6. The topological polar surface area (TPSA) is 128 Å². The Labute approximate surface area is 228 Å². The van der Waals surface area contributed by atoms with Gasteiger partial charge in [0, 0.05) is 17.8 Å². The number of aryl methyl sites for hydroxylation is 2. The van der Waals surface area contributed by atoms with Gasteiger partial charge >= 0.3 is 0 Å². The summed E-state index contributed by atoms with van der Waals surface area (Å²) in [6.45, 7) is 3.58. The summed E-state index contributed by atoms with van der Waals surface area (Å²) in [4.78, 5) is 49.4. The smallest absolute Gasteiger partial charge is 0.294 e. The zero-order valence-electron chi connectivity index (χ0n) is 21.4. The molecule has 200 valence electrons. The number of carbonyl (C=O) groups is 3. The van der Waals surface area contributed by atoms with Crippen molar-refractivity contribution < 1.29 is 28.8 Å². The Balaban J connectivity index is 1.41. The van der Waals surface area contributed by atoms with Crippen LogP contribution in [0.25, 0.3) is 6.08 Å². The second-order valence-corrected chi connectivity index (χ2v) is 9.75. The summed E-state index contributed by atoms with van der Waals surface area (Å²) in [6.07, 6.45) is 1.55. The number of methoxy groups -OCH3 is 1. The van der Waals surface area contributed by atoms with Gasteiger partial charge in [0.25, 0.3) is 16.8 Å². The molecule has 1 aliphatic rings. The molecule has 0 aromatic heterocycles. The maximum atomic E-state index is 12.9. The van der Waals surface area contributed by atoms with Crippen LogP contribution in [-0.4, -0.2) is 40.5 Å². The number of non-ortho nitro benzene ring substituents is 1. The van der Waals surface area contributed by atoms with Crippen LogP contribution in [0.3, 0.4) is 0 Å². The first-order valence-electron chi connectivity index (χ1n) is 11.8. The molecule has 4 rings (SSSR count). The number of ether oxygens (including phenoxy) is 2. The van der Waals surface area contributed by atoms with E-state index >= 15 is 0 Å². The van der Waals surface area contributed by atoms with Gasteiger partial charge in [0.15, 0.2) is 11.5 Å². The van der Waals surface area contributed by atoms with Gasteiger partial charge in [0.2, 0.25) is 5.91 Å². The minimum absolute atomic E-state index is 0.00732. The van der Waals surface area contributed by atoms with Gasteiger partial charge in [-0.25, -0.2) is 0 Å². The maximum Gasteiger partial charge on any atom is 0.294 e. The van der Waals surface area contributed by atoms with Gasteiger partial charge in [-0.1, -0.05) is 23.8 Å². The van der Waals surface area contributed by atoms with Crippen molar-refractivity contribution in [1.29, 1.82) is 0 Å². The summed E-state index contributed by atoms with van der Waals surface area (Å²) in [5.74, 6) is -0.193. The molecule has 1 fully saturated rings. The summed E-state index contributed by atoms with van der Waals surface area (Å²) >= 11 is 0.757. The van der Waals surface area contributed by atoms with E-state index in [1.165, 1.54) is 19.2 Å². The number of nitrogens with zero attached hydrogens (tertiary/aromatic N) is 2. The first-order chi connectivity index (χ1) is 18.6. The SMILES string of the molecule is COc1cc(/C=C2/SC(=O)N(CC(=O)Nc3ccc(C)cc3C)C2=O)ccc1OCc1ccc([N+](=O)[O-])cc1. The lowest BCUT2D eigenvalue weighted by molar-refractivity contribution is -0.384. The molecule has 11 heteroatoms.